The number of benzene rings is 1. The van der Waals surface area contributed by atoms with E-state index in [-0.39, 0.29) is 19.5 Å². The van der Waals surface area contributed by atoms with Gasteiger partial charge in [0.05, 0.1) is 23.7 Å². The van der Waals surface area contributed by atoms with E-state index in [1.165, 1.54) is 14.2 Å². The maximum atomic E-state index is 12.8. The summed E-state index contributed by atoms with van der Waals surface area (Å²) in [6.45, 7) is 8.84. The maximum Gasteiger partial charge on any atom is 0.188 e. The molecule has 1 aromatic rings. The largest absolute Gasteiger partial charge is 0.495 e. The van der Waals surface area contributed by atoms with Crippen molar-refractivity contribution >= 4 is 41.6 Å². The number of ether oxygens (including phenoxy) is 2. The Labute approximate surface area is 154 Å². The second-order valence-electron chi connectivity index (χ2n) is 6.86. The van der Waals surface area contributed by atoms with Crippen LogP contribution in [-0.2, 0) is 0 Å². The molecule has 0 saturated heterocycles. The molecule has 0 aliphatic carbocycles. The van der Waals surface area contributed by atoms with Gasteiger partial charge in [-0.15, -0.1) is 0 Å². The van der Waals surface area contributed by atoms with Crippen molar-refractivity contribution in [3.8, 4) is 11.5 Å². The summed E-state index contributed by atoms with van der Waals surface area (Å²) in [6.07, 6.45) is 1.94. The van der Waals surface area contributed by atoms with Crippen molar-refractivity contribution in [1.29, 1.82) is 0 Å². The fourth-order valence-corrected chi connectivity index (χ4v) is 4.75. The molecule has 0 aromatic heterocycles. The minimum atomic E-state index is 0.0164. The molecule has 0 saturated carbocycles. The highest BCUT2D eigenvalue weighted by Gasteiger charge is 2.24. The molecule has 0 fully saturated rings. The van der Waals surface area contributed by atoms with Crippen LogP contribution < -0.4 is 9.47 Å². The van der Waals surface area contributed by atoms with Crippen molar-refractivity contribution in [2.75, 3.05) is 20.4 Å². The van der Waals surface area contributed by atoms with E-state index < -0.39 is 0 Å². The lowest BCUT2D eigenvalue weighted by molar-refractivity contribution is 0.107. The minimum Gasteiger partial charge on any atom is -0.495 e. The average molecular weight is 424 g/mol. The lowest BCUT2D eigenvalue weighted by Gasteiger charge is -2.23. The van der Waals surface area contributed by atoms with Crippen LogP contribution in [0.25, 0.3) is 0 Å². The Morgan fingerprint density at radius 2 is 1.87 bits per heavy atom. The summed E-state index contributed by atoms with van der Waals surface area (Å²) in [5.41, 5.74) is 0.708. The molecule has 1 rings (SSSR count). The fraction of sp³-hybridized carbons (Fsp3) is 0.588. The van der Waals surface area contributed by atoms with E-state index in [4.69, 9.17) is 21.1 Å². The summed E-state index contributed by atoms with van der Waals surface area (Å²) in [5, 5.41) is 0.399. The van der Waals surface area contributed by atoms with Gasteiger partial charge in [0.2, 0.25) is 0 Å². The molecule has 6 heteroatoms. The Morgan fingerprint density at radius 3 is 2.35 bits per heavy atom. The molecule has 23 heavy (non-hydrogen) atoms. The highest BCUT2D eigenvalue weighted by Crippen LogP contribution is 2.44. The summed E-state index contributed by atoms with van der Waals surface area (Å²) in [7, 11) is 3.21. The lowest BCUT2D eigenvalue weighted by Crippen LogP contribution is -2.13. The third kappa shape index (κ3) is 5.92. The van der Waals surface area contributed by atoms with Crippen LogP contribution >= 0.6 is 36.1 Å². The standard InChI is InChI=1S/C17H25BrClO3P/c1-10(8-17(2,3)4)9-23-16(20)13-14(21-5)11(18)7-12(19)15(13)22-6/h7,10,23H,8-9H2,1-6H3. The molecular formula is C17H25BrClO3P. The monoisotopic (exact) mass is 422 g/mol. The first kappa shape index (κ1) is 20.7. The first-order chi connectivity index (χ1) is 10.6. The minimum absolute atomic E-state index is 0.0164. The van der Waals surface area contributed by atoms with Gasteiger partial charge in [0, 0.05) is 0 Å². The normalized spacial score (nSPS) is 13.4. The van der Waals surface area contributed by atoms with Gasteiger partial charge >= 0.3 is 0 Å². The van der Waals surface area contributed by atoms with Crippen molar-refractivity contribution in [3.63, 3.8) is 0 Å². The predicted octanol–water partition coefficient (Wildman–Crippen LogP) is 6.01. The van der Waals surface area contributed by atoms with Crippen LogP contribution in [0.4, 0.5) is 0 Å². The van der Waals surface area contributed by atoms with Crippen molar-refractivity contribution in [3.05, 3.63) is 21.1 Å². The molecule has 1 aromatic carbocycles. The number of hydrogen-bond acceptors (Lipinski definition) is 3. The first-order valence-electron chi connectivity index (χ1n) is 7.49. The van der Waals surface area contributed by atoms with Gasteiger partial charge in [-0.25, -0.2) is 0 Å². The highest BCUT2D eigenvalue weighted by atomic mass is 79.9. The van der Waals surface area contributed by atoms with Gasteiger partial charge in [0.15, 0.2) is 11.3 Å². The smallest absolute Gasteiger partial charge is 0.188 e. The van der Waals surface area contributed by atoms with Crippen LogP contribution in [0.2, 0.25) is 5.02 Å². The molecular weight excluding hydrogens is 399 g/mol. The molecule has 0 radical (unpaired) electrons. The van der Waals surface area contributed by atoms with Gasteiger partial charge in [0.1, 0.15) is 11.3 Å². The number of carbonyl (C=O) groups is 1. The zero-order valence-electron chi connectivity index (χ0n) is 14.5. The first-order valence-corrected chi connectivity index (χ1v) is 9.86. The molecule has 0 amide bonds. The molecule has 2 atom stereocenters. The molecule has 0 spiro atoms. The van der Waals surface area contributed by atoms with E-state index in [2.05, 4.69) is 43.6 Å². The number of halogens is 2. The number of methoxy groups -OCH3 is 2. The van der Waals surface area contributed by atoms with E-state index in [1.807, 2.05) is 0 Å². The second kappa shape index (κ2) is 8.69. The molecule has 0 heterocycles. The van der Waals surface area contributed by atoms with Crippen LogP contribution in [-0.4, -0.2) is 25.9 Å². The molecule has 0 aliphatic rings. The Bertz CT molecular complexity index is 542. The van der Waals surface area contributed by atoms with E-state index >= 15 is 0 Å². The van der Waals surface area contributed by atoms with Crippen molar-refractivity contribution in [2.45, 2.75) is 34.1 Å². The Balaban J connectivity index is 2.99. The van der Waals surface area contributed by atoms with E-state index in [9.17, 15) is 4.79 Å². The summed E-state index contributed by atoms with van der Waals surface area (Å²) in [4.78, 5) is 12.8. The maximum absolute atomic E-state index is 12.8. The zero-order chi connectivity index (χ0) is 17.8. The van der Waals surface area contributed by atoms with E-state index in [1.54, 1.807) is 6.07 Å². The van der Waals surface area contributed by atoms with Gasteiger partial charge < -0.3 is 9.47 Å². The average Bonchev–Trinajstić information content (AvgIpc) is 2.42. The van der Waals surface area contributed by atoms with Gasteiger partial charge in [-0.1, -0.05) is 39.3 Å². The van der Waals surface area contributed by atoms with Gasteiger partial charge in [0.25, 0.3) is 0 Å². The Kier molecular flexibility index (Phi) is 7.83. The van der Waals surface area contributed by atoms with E-state index in [0.29, 0.717) is 32.5 Å². The SMILES string of the molecule is COc1c(Cl)cc(Br)c(OC)c1C(=O)PCC(C)CC(C)(C)C. The highest BCUT2D eigenvalue weighted by molar-refractivity contribution is 9.10. The molecule has 130 valence electrons. The van der Waals surface area contributed by atoms with Crippen molar-refractivity contribution in [2.24, 2.45) is 11.3 Å². The number of carbonyl (C=O) groups excluding carboxylic acids is 1. The van der Waals surface area contributed by atoms with Gasteiger partial charge in [-0.05, 0) is 54.5 Å². The fourth-order valence-electron chi connectivity index (χ4n) is 2.66. The summed E-state index contributed by atoms with van der Waals surface area (Å²) >= 11 is 9.59. The van der Waals surface area contributed by atoms with Crippen molar-refractivity contribution < 1.29 is 14.3 Å². The van der Waals surface area contributed by atoms with Gasteiger partial charge in [-0.3, -0.25) is 4.79 Å². The Hall–Kier alpha value is -0.310. The van der Waals surface area contributed by atoms with Gasteiger partial charge in [-0.2, -0.15) is 0 Å². The van der Waals surface area contributed by atoms with Crippen LogP contribution in [0, 0.1) is 11.3 Å². The van der Waals surface area contributed by atoms with Crippen LogP contribution in [0.15, 0.2) is 10.5 Å². The predicted molar refractivity (Wildman–Crippen MR) is 103 cm³/mol. The molecule has 0 N–H and O–H groups in total. The topological polar surface area (TPSA) is 35.5 Å². The quantitative estimate of drug-likeness (QED) is 0.504. The summed E-state index contributed by atoms with van der Waals surface area (Å²) < 4.78 is 11.4. The summed E-state index contributed by atoms with van der Waals surface area (Å²) in [6, 6.07) is 1.68. The second-order valence-corrected chi connectivity index (χ2v) is 9.34. The number of rotatable bonds is 7. The Morgan fingerprint density at radius 1 is 1.30 bits per heavy atom. The van der Waals surface area contributed by atoms with E-state index in [0.717, 1.165) is 12.6 Å². The molecule has 0 bridgehead atoms. The molecule has 0 aliphatic heterocycles. The zero-order valence-corrected chi connectivity index (χ0v) is 17.9. The third-order valence-electron chi connectivity index (χ3n) is 3.35. The van der Waals surface area contributed by atoms with Crippen molar-refractivity contribution in [1.82, 2.24) is 0 Å². The van der Waals surface area contributed by atoms with Crippen LogP contribution in [0.1, 0.15) is 44.5 Å². The molecule has 3 nitrogen and oxygen atoms in total. The molecule has 2 unspecified atom stereocenters. The van der Waals surface area contributed by atoms with Crippen LogP contribution in [0.3, 0.4) is 0 Å². The number of hydrogen-bond donors (Lipinski definition) is 0. The lowest BCUT2D eigenvalue weighted by atomic mass is 9.86. The van der Waals surface area contributed by atoms with Crippen LogP contribution in [0.5, 0.6) is 11.5 Å². The third-order valence-corrected chi connectivity index (χ3v) is 5.69. The summed E-state index contributed by atoms with van der Waals surface area (Å²) in [5.74, 6) is 1.34.